The first-order chi connectivity index (χ1) is 7.06. The molecule has 0 fully saturated rings. The SMILES string of the molecule is C=COCCOCCC[SiH2]O[Si](C)(C)C. The molecule has 0 aromatic rings. The molecule has 0 aliphatic carbocycles. The van der Waals surface area contributed by atoms with Crippen LogP contribution < -0.4 is 0 Å². The number of rotatable bonds is 10. The van der Waals surface area contributed by atoms with Gasteiger partial charge in [-0.05, 0) is 32.1 Å². The van der Waals surface area contributed by atoms with Gasteiger partial charge in [-0.25, -0.2) is 0 Å². The van der Waals surface area contributed by atoms with Crippen molar-refractivity contribution in [2.45, 2.75) is 32.1 Å². The van der Waals surface area contributed by atoms with Crippen molar-refractivity contribution >= 4 is 18.1 Å². The summed E-state index contributed by atoms with van der Waals surface area (Å²) in [5.41, 5.74) is 0. The highest BCUT2D eigenvalue weighted by molar-refractivity contribution is 6.73. The van der Waals surface area contributed by atoms with Gasteiger partial charge in [-0.1, -0.05) is 6.58 Å². The normalized spacial score (nSPS) is 12.2. The summed E-state index contributed by atoms with van der Waals surface area (Å²) in [5, 5.41) is 0. The largest absolute Gasteiger partial charge is 0.499 e. The van der Waals surface area contributed by atoms with Crippen molar-refractivity contribution in [2.75, 3.05) is 19.8 Å². The maximum Gasteiger partial charge on any atom is 0.169 e. The summed E-state index contributed by atoms with van der Waals surface area (Å²) in [7, 11) is -1.56. The van der Waals surface area contributed by atoms with Crippen LogP contribution in [0.1, 0.15) is 6.42 Å². The Balaban J connectivity index is 3.02. The molecule has 0 bridgehead atoms. The monoisotopic (exact) mass is 248 g/mol. The van der Waals surface area contributed by atoms with E-state index in [2.05, 4.69) is 26.2 Å². The van der Waals surface area contributed by atoms with Crippen LogP contribution in [0.15, 0.2) is 12.8 Å². The van der Waals surface area contributed by atoms with Gasteiger partial charge < -0.3 is 13.6 Å². The molecule has 0 atom stereocenters. The van der Waals surface area contributed by atoms with E-state index < -0.39 is 8.32 Å². The van der Waals surface area contributed by atoms with E-state index in [-0.39, 0.29) is 9.76 Å². The summed E-state index contributed by atoms with van der Waals surface area (Å²) >= 11 is 0. The predicted molar refractivity (Wildman–Crippen MR) is 69.4 cm³/mol. The van der Waals surface area contributed by atoms with Crippen molar-refractivity contribution in [3.05, 3.63) is 12.8 Å². The molecule has 0 heterocycles. The van der Waals surface area contributed by atoms with Gasteiger partial charge in [-0.3, -0.25) is 0 Å². The minimum atomic E-state index is -1.25. The van der Waals surface area contributed by atoms with Crippen molar-refractivity contribution in [3.8, 4) is 0 Å². The lowest BCUT2D eigenvalue weighted by atomic mass is 10.5. The molecule has 0 rings (SSSR count). The fraction of sp³-hybridized carbons (Fsp3) is 0.800. The van der Waals surface area contributed by atoms with Crippen LogP contribution in [0.4, 0.5) is 0 Å². The van der Waals surface area contributed by atoms with Gasteiger partial charge in [-0.15, -0.1) is 0 Å². The zero-order valence-electron chi connectivity index (χ0n) is 10.3. The van der Waals surface area contributed by atoms with E-state index in [0.29, 0.717) is 13.2 Å². The summed E-state index contributed by atoms with van der Waals surface area (Å²) in [4.78, 5) is 0. The summed E-state index contributed by atoms with van der Waals surface area (Å²) in [6.07, 6.45) is 2.56. The van der Waals surface area contributed by atoms with Crippen LogP contribution in [0.2, 0.25) is 25.7 Å². The lowest BCUT2D eigenvalue weighted by Crippen LogP contribution is -2.27. The summed E-state index contributed by atoms with van der Waals surface area (Å²) in [6.45, 7) is 12.3. The fourth-order valence-corrected chi connectivity index (χ4v) is 4.41. The first-order valence-electron chi connectivity index (χ1n) is 5.50. The van der Waals surface area contributed by atoms with Gasteiger partial charge in [0.05, 0.1) is 12.9 Å². The van der Waals surface area contributed by atoms with Crippen molar-refractivity contribution in [2.24, 2.45) is 0 Å². The quantitative estimate of drug-likeness (QED) is 0.336. The second-order valence-corrected chi connectivity index (χ2v) is 10.8. The third-order valence-corrected chi connectivity index (χ3v) is 6.75. The van der Waals surface area contributed by atoms with Crippen molar-refractivity contribution in [1.29, 1.82) is 0 Å². The molecule has 3 nitrogen and oxygen atoms in total. The average molecular weight is 248 g/mol. The second kappa shape index (κ2) is 9.14. The molecule has 0 N–H and O–H groups in total. The highest BCUT2D eigenvalue weighted by atomic mass is 28.4. The van der Waals surface area contributed by atoms with Crippen LogP contribution in [0.5, 0.6) is 0 Å². The molecule has 0 aromatic carbocycles. The number of hydrogen-bond donors (Lipinski definition) is 0. The van der Waals surface area contributed by atoms with Gasteiger partial charge in [0.25, 0.3) is 0 Å². The Morgan fingerprint density at radius 1 is 1.20 bits per heavy atom. The van der Waals surface area contributed by atoms with E-state index in [9.17, 15) is 0 Å². The van der Waals surface area contributed by atoms with Gasteiger partial charge >= 0.3 is 0 Å². The van der Waals surface area contributed by atoms with Gasteiger partial charge in [0.2, 0.25) is 0 Å². The molecule has 0 aromatic heterocycles. The minimum absolute atomic E-state index is 0.302. The van der Waals surface area contributed by atoms with E-state index in [1.54, 1.807) is 0 Å². The molecular formula is C10H24O3Si2. The Kier molecular flexibility index (Phi) is 9.08. The number of ether oxygens (including phenoxy) is 2. The predicted octanol–water partition coefficient (Wildman–Crippen LogP) is 1.91. The Hall–Kier alpha value is -0.106. The molecule has 0 saturated carbocycles. The van der Waals surface area contributed by atoms with E-state index in [1.165, 1.54) is 12.3 Å². The Morgan fingerprint density at radius 2 is 1.93 bits per heavy atom. The van der Waals surface area contributed by atoms with Crippen molar-refractivity contribution < 1.29 is 13.6 Å². The molecule has 0 aliphatic heterocycles. The zero-order chi connectivity index (χ0) is 11.6. The zero-order valence-corrected chi connectivity index (χ0v) is 12.7. The van der Waals surface area contributed by atoms with Gasteiger partial charge in [-0.2, -0.15) is 0 Å². The molecule has 5 heteroatoms. The average Bonchev–Trinajstić information content (AvgIpc) is 2.14. The molecule has 0 saturated heterocycles. The molecule has 15 heavy (non-hydrogen) atoms. The topological polar surface area (TPSA) is 27.7 Å². The lowest BCUT2D eigenvalue weighted by molar-refractivity contribution is 0.0854. The Morgan fingerprint density at radius 3 is 2.53 bits per heavy atom. The third kappa shape index (κ3) is 13.9. The molecule has 0 aliphatic rings. The van der Waals surface area contributed by atoms with Crippen LogP contribution in [0.3, 0.4) is 0 Å². The van der Waals surface area contributed by atoms with Crippen LogP contribution in [-0.2, 0) is 13.6 Å². The minimum Gasteiger partial charge on any atom is -0.499 e. The first kappa shape index (κ1) is 14.9. The maximum absolute atomic E-state index is 5.86. The standard InChI is InChI=1S/C10H24O3Si2/c1-5-11-8-9-12-7-6-10-14-13-15(2,3)4/h5H,1,6-10,14H2,2-4H3. The maximum atomic E-state index is 5.86. The molecule has 0 spiro atoms. The Labute approximate surface area is 96.9 Å². The molecule has 90 valence electrons. The van der Waals surface area contributed by atoms with Gasteiger partial charge in [0, 0.05) is 6.61 Å². The van der Waals surface area contributed by atoms with Gasteiger partial charge in [0.1, 0.15) is 16.4 Å². The van der Waals surface area contributed by atoms with Crippen LogP contribution in [-0.4, -0.2) is 37.9 Å². The molecule has 0 amide bonds. The lowest BCUT2D eigenvalue weighted by Gasteiger charge is -2.17. The summed E-state index contributed by atoms with van der Waals surface area (Å²) in [5.74, 6) is 0. The van der Waals surface area contributed by atoms with E-state index in [4.69, 9.17) is 13.6 Å². The van der Waals surface area contributed by atoms with Crippen LogP contribution >= 0.6 is 0 Å². The summed E-state index contributed by atoms with van der Waals surface area (Å²) in [6, 6.07) is 1.21. The Bertz CT molecular complexity index is 157. The first-order valence-corrected chi connectivity index (χ1v) is 10.5. The van der Waals surface area contributed by atoms with E-state index >= 15 is 0 Å². The van der Waals surface area contributed by atoms with Crippen LogP contribution in [0.25, 0.3) is 0 Å². The van der Waals surface area contributed by atoms with Gasteiger partial charge in [0.15, 0.2) is 8.32 Å². The highest BCUT2D eigenvalue weighted by Gasteiger charge is 2.12. The third-order valence-electron chi connectivity index (χ3n) is 1.68. The summed E-state index contributed by atoms with van der Waals surface area (Å²) < 4.78 is 16.2. The second-order valence-electron chi connectivity index (χ2n) is 4.32. The van der Waals surface area contributed by atoms with E-state index in [0.717, 1.165) is 13.0 Å². The molecule has 0 radical (unpaired) electrons. The molecule has 0 unspecified atom stereocenters. The fourth-order valence-electron chi connectivity index (χ4n) is 0.977. The highest BCUT2D eigenvalue weighted by Crippen LogP contribution is 2.02. The van der Waals surface area contributed by atoms with Crippen molar-refractivity contribution in [3.63, 3.8) is 0 Å². The molecular weight excluding hydrogens is 224 g/mol. The van der Waals surface area contributed by atoms with E-state index in [1.807, 2.05) is 0 Å². The van der Waals surface area contributed by atoms with Crippen molar-refractivity contribution in [1.82, 2.24) is 0 Å². The number of hydrogen-bond acceptors (Lipinski definition) is 3. The smallest absolute Gasteiger partial charge is 0.169 e. The van der Waals surface area contributed by atoms with Crippen LogP contribution in [0, 0.1) is 0 Å².